The van der Waals surface area contributed by atoms with Crippen molar-refractivity contribution in [2.45, 2.75) is 13.8 Å². The van der Waals surface area contributed by atoms with E-state index in [2.05, 4.69) is 24.1 Å². The molecule has 0 aliphatic rings. The van der Waals surface area contributed by atoms with Crippen LogP contribution in [0, 0.1) is 13.8 Å². The van der Waals surface area contributed by atoms with Crippen molar-refractivity contribution in [3.05, 3.63) is 59.7 Å². The third-order valence-electron chi connectivity index (χ3n) is 2.35. The smallest absolute Gasteiger partial charge is 0.0857 e. The summed E-state index contributed by atoms with van der Waals surface area (Å²) in [5.74, 6) is 0. The molecule has 2 nitrogen and oxygen atoms in total. The standard InChI is InChI=1S/C14H14N2/c1-11-3-7-13(8-4-11)15-16-14-9-5-12(2)6-10-14/h3-10H,1-2H3/b16-15+. The summed E-state index contributed by atoms with van der Waals surface area (Å²) >= 11 is 0. The van der Waals surface area contributed by atoms with E-state index in [4.69, 9.17) is 0 Å². The molecule has 0 radical (unpaired) electrons. The molecule has 2 aromatic rings. The summed E-state index contributed by atoms with van der Waals surface area (Å²) in [5, 5.41) is 8.34. The Kier molecular flexibility index (Phi) is 3.10. The van der Waals surface area contributed by atoms with Crippen LogP contribution in [-0.4, -0.2) is 0 Å². The van der Waals surface area contributed by atoms with E-state index in [-0.39, 0.29) is 0 Å². The molecule has 2 aromatic carbocycles. The molecule has 0 spiro atoms. The van der Waals surface area contributed by atoms with Crippen molar-refractivity contribution in [3.8, 4) is 0 Å². The molecule has 0 saturated heterocycles. The normalized spacial score (nSPS) is 10.9. The highest BCUT2D eigenvalue weighted by atomic mass is 15.1. The van der Waals surface area contributed by atoms with Crippen molar-refractivity contribution in [2.24, 2.45) is 10.2 Å². The first-order valence-electron chi connectivity index (χ1n) is 5.29. The van der Waals surface area contributed by atoms with Crippen LogP contribution in [0.1, 0.15) is 11.1 Å². The summed E-state index contributed by atoms with van der Waals surface area (Å²) < 4.78 is 0. The highest BCUT2D eigenvalue weighted by molar-refractivity contribution is 5.41. The van der Waals surface area contributed by atoms with Gasteiger partial charge in [0.1, 0.15) is 0 Å². The molecule has 0 heterocycles. The van der Waals surface area contributed by atoms with Gasteiger partial charge in [0, 0.05) is 0 Å². The van der Waals surface area contributed by atoms with Crippen LogP contribution in [0.2, 0.25) is 0 Å². The lowest BCUT2D eigenvalue weighted by Gasteiger charge is -1.95. The molecular weight excluding hydrogens is 196 g/mol. The Bertz CT molecular complexity index is 434. The fourth-order valence-electron chi connectivity index (χ4n) is 1.34. The van der Waals surface area contributed by atoms with Gasteiger partial charge >= 0.3 is 0 Å². The minimum absolute atomic E-state index is 0.881. The van der Waals surface area contributed by atoms with E-state index in [1.54, 1.807) is 0 Å². The van der Waals surface area contributed by atoms with Gasteiger partial charge in [-0.25, -0.2) is 0 Å². The lowest BCUT2D eigenvalue weighted by atomic mass is 10.2. The van der Waals surface area contributed by atoms with Gasteiger partial charge in [0.05, 0.1) is 11.4 Å². The third kappa shape index (κ3) is 2.76. The average molecular weight is 210 g/mol. The van der Waals surface area contributed by atoms with Crippen molar-refractivity contribution in [2.75, 3.05) is 0 Å². The Morgan fingerprint density at radius 1 is 0.562 bits per heavy atom. The van der Waals surface area contributed by atoms with E-state index < -0.39 is 0 Å². The number of azo groups is 1. The largest absolute Gasteiger partial charge is 0.151 e. The van der Waals surface area contributed by atoms with Crippen LogP contribution in [-0.2, 0) is 0 Å². The molecule has 0 aliphatic carbocycles. The fourth-order valence-corrected chi connectivity index (χ4v) is 1.34. The zero-order chi connectivity index (χ0) is 11.4. The molecule has 0 fully saturated rings. The van der Waals surface area contributed by atoms with Crippen LogP contribution in [0.15, 0.2) is 58.8 Å². The average Bonchev–Trinajstić information content (AvgIpc) is 2.30. The second-order valence-corrected chi connectivity index (χ2v) is 3.87. The number of hydrogen-bond acceptors (Lipinski definition) is 2. The summed E-state index contributed by atoms with van der Waals surface area (Å²) in [5.41, 5.74) is 4.22. The number of aryl methyl sites for hydroxylation is 2. The summed E-state index contributed by atoms with van der Waals surface area (Å²) in [7, 11) is 0. The molecule has 0 aromatic heterocycles. The zero-order valence-corrected chi connectivity index (χ0v) is 9.51. The van der Waals surface area contributed by atoms with Gasteiger partial charge in [-0.05, 0) is 38.1 Å². The van der Waals surface area contributed by atoms with E-state index >= 15 is 0 Å². The Hall–Kier alpha value is -1.96. The Morgan fingerprint density at radius 3 is 1.19 bits per heavy atom. The highest BCUT2D eigenvalue weighted by Crippen LogP contribution is 2.18. The zero-order valence-electron chi connectivity index (χ0n) is 9.51. The van der Waals surface area contributed by atoms with Crippen LogP contribution in [0.25, 0.3) is 0 Å². The molecule has 16 heavy (non-hydrogen) atoms. The maximum Gasteiger partial charge on any atom is 0.0857 e. The van der Waals surface area contributed by atoms with Crippen LogP contribution >= 0.6 is 0 Å². The van der Waals surface area contributed by atoms with Gasteiger partial charge in [0.25, 0.3) is 0 Å². The predicted molar refractivity (Wildman–Crippen MR) is 66.5 cm³/mol. The van der Waals surface area contributed by atoms with Crippen molar-refractivity contribution in [3.63, 3.8) is 0 Å². The maximum atomic E-state index is 4.17. The van der Waals surface area contributed by atoms with Crippen molar-refractivity contribution >= 4 is 11.4 Å². The van der Waals surface area contributed by atoms with Gasteiger partial charge in [-0.3, -0.25) is 0 Å². The Morgan fingerprint density at radius 2 is 0.875 bits per heavy atom. The van der Waals surface area contributed by atoms with Crippen LogP contribution in [0.4, 0.5) is 11.4 Å². The molecule has 0 unspecified atom stereocenters. The van der Waals surface area contributed by atoms with Crippen LogP contribution in [0.3, 0.4) is 0 Å². The van der Waals surface area contributed by atoms with Crippen molar-refractivity contribution in [1.29, 1.82) is 0 Å². The van der Waals surface area contributed by atoms with E-state index in [9.17, 15) is 0 Å². The van der Waals surface area contributed by atoms with Gasteiger partial charge in [-0.15, -0.1) is 0 Å². The second kappa shape index (κ2) is 4.71. The second-order valence-electron chi connectivity index (χ2n) is 3.87. The molecule has 0 amide bonds. The summed E-state index contributed by atoms with van der Waals surface area (Å²) in [6.07, 6.45) is 0. The highest BCUT2D eigenvalue weighted by Gasteiger charge is 1.90. The molecule has 0 aliphatic heterocycles. The monoisotopic (exact) mass is 210 g/mol. The lowest BCUT2D eigenvalue weighted by molar-refractivity contribution is 1.22. The van der Waals surface area contributed by atoms with Gasteiger partial charge in [-0.2, -0.15) is 10.2 Å². The van der Waals surface area contributed by atoms with Crippen molar-refractivity contribution in [1.82, 2.24) is 0 Å². The number of hydrogen-bond donors (Lipinski definition) is 0. The Labute approximate surface area is 95.7 Å². The quantitative estimate of drug-likeness (QED) is 0.641. The molecule has 0 atom stereocenters. The molecular formula is C14H14N2. The van der Waals surface area contributed by atoms with Crippen LogP contribution < -0.4 is 0 Å². The maximum absolute atomic E-state index is 4.17. The summed E-state index contributed by atoms with van der Waals surface area (Å²) in [6, 6.07) is 16.0. The molecule has 80 valence electrons. The minimum atomic E-state index is 0.881. The molecule has 0 saturated carbocycles. The van der Waals surface area contributed by atoms with E-state index in [0.29, 0.717) is 0 Å². The first-order chi connectivity index (χ1) is 7.74. The SMILES string of the molecule is Cc1ccc(/N=N/c2ccc(C)cc2)cc1. The first-order valence-corrected chi connectivity index (χ1v) is 5.29. The molecule has 2 heteroatoms. The Balaban J connectivity index is 2.15. The van der Waals surface area contributed by atoms with Crippen LogP contribution in [0.5, 0.6) is 0 Å². The van der Waals surface area contributed by atoms with Crippen molar-refractivity contribution < 1.29 is 0 Å². The fraction of sp³-hybridized carbons (Fsp3) is 0.143. The predicted octanol–water partition coefficient (Wildman–Crippen LogP) is 4.72. The topological polar surface area (TPSA) is 24.7 Å². The van der Waals surface area contributed by atoms with Gasteiger partial charge in [-0.1, -0.05) is 35.4 Å². The number of rotatable bonds is 2. The molecule has 2 rings (SSSR count). The number of benzene rings is 2. The first kappa shape index (κ1) is 10.6. The summed E-state index contributed by atoms with van der Waals surface area (Å²) in [6.45, 7) is 4.11. The van der Waals surface area contributed by atoms with E-state index in [1.807, 2.05) is 48.5 Å². The van der Waals surface area contributed by atoms with Gasteiger partial charge in [0.15, 0.2) is 0 Å². The molecule has 0 N–H and O–H groups in total. The number of nitrogens with zero attached hydrogens (tertiary/aromatic N) is 2. The molecule has 0 bridgehead atoms. The summed E-state index contributed by atoms with van der Waals surface area (Å²) in [4.78, 5) is 0. The third-order valence-corrected chi connectivity index (χ3v) is 2.35. The van der Waals surface area contributed by atoms with E-state index in [0.717, 1.165) is 11.4 Å². The minimum Gasteiger partial charge on any atom is -0.151 e. The van der Waals surface area contributed by atoms with Gasteiger partial charge < -0.3 is 0 Å². The van der Waals surface area contributed by atoms with Gasteiger partial charge in [0.2, 0.25) is 0 Å². The lowest BCUT2D eigenvalue weighted by Crippen LogP contribution is -1.69. The van der Waals surface area contributed by atoms with E-state index in [1.165, 1.54) is 11.1 Å².